The van der Waals surface area contributed by atoms with E-state index in [1.54, 1.807) is 11.1 Å². The molecule has 0 amide bonds. The van der Waals surface area contributed by atoms with Gasteiger partial charge in [-0.25, -0.2) is 0 Å². The van der Waals surface area contributed by atoms with Crippen LogP contribution in [0.1, 0.15) is 41.5 Å². The Morgan fingerprint density at radius 1 is 1.17 bits per heavy atom. The summed E-state index contributed by atoms with van der Waals surface area (Å²) in [5, 5.41) is 3.61. The summed E-state index contributed by atoms with van der Waals surface area (Å²) >= 11 is 0. The number of hydrogen-bond donors (Lipinski definition) is 1. The first-order valence-electron chi connectivity index (χ1n) is 9.01. The van der Waals surface area contributed by atoms with Crippen molar-refractivity contribution < 1.29 is 0 Å². The third kappa shape index (κ3) is 2.80. The van der Waals surface area contributed by atoms with Gasteiger partial charge in [0.05, 0.1) is 0 Å². The number of nitrogens with one attached hydrogen (secondary N) is 1. The average Bonchev–Trinajstić information content (AvgIpc) is 2.98. The van der Waals surface area contributed by atoms with Gasteiger partial charge in [-0.3, -0.25) is 0 Å². The van der Waals surface area contributed by atoms with Crippen molar-refractivity contribution in [2.45, 2.75) is 39.2 Å². The molecule has 4 rings (SSSR count). The van der Waals surface area contributed by atoms with Crippen LogP contribution in [0.25, 0.3) is 5.57 Å². The Labute approximate surface area is 145 Å². The fourth-order valence-electron chi connectivity index (χ4n) is 4.28. The highest BCUT2D eigenvalue weighted by Gasteiger charge is 2.31. The van der Waals surface area contributed by atoms with E-state index in [4.69, 9.17) is 0 Å². The molecule has 24 heavy (non-hydrogen) atoms. The van der Waals surface area contributed by atoms with Gasteiger partial charge in [-0.1, -0.05) is 66.2 Å². The van der Waals surface area contributed by atoms with Crippen molar-refractivity contribution >= 4 is 5.57 Å². The highest BCUT2D eigenvalue weighted by molar-refractivity contribution is 5.80. The molecule has 0 spiro atoms. The van der Waals surface area contributed by atoms with Crippen LogP contribution in [0.5, 0.6) is 0 Å². The SMILES string of the molecule is C=C(NCc1cccc(C)c1)C1CCCC2=C1c1ccccc1C2. The molecule has 0 fully saturated rings. The zero-order valence-corrected chi connectivity index (χ0v) is 14.4. The van der Waals surface area contributed by atoms with Crippen LogP contribution < -0.4 is 5.32 Å². The summed E-state index contributed by atoms with van der Waals surface area (Å²) in [6.07, 6.45) is 4.90. The van der Waals surface area contributed by atoms with E-state index in [1.807, 2.05) is 0 Å². The molecule has 1 N–H and O–H groups in total. The summed E-state index contributed by atoms with van der Waals surface area (Å²) in [5.41, 5.74) is 10.0. The molecule has 1 nitrogen and oxygen atoms in total. The van der Waals surface area contributed by atoms with Crippen molar-refractivity contribution in [3.63, 3.8) is 0 Å². The highest BCUT2D eigenvalue weighted by Crippen LogP contribution is 2.46. The number of aryl methyl sites for hydroxylation is 1. The third-order valence-electron chi connectivity index (χ3n) is 5.43. The van der Waals surface area contributed by atoms with Crippen LogP contribution in [0.15, 0.2) is 66.4 Å². The lowest BCUT2D eigenvalue weighted by Gasteiger charge is -2.28. The maximum absolute atomic E-state index is 4.40. The zero-order chi connectivity index (χ0) is 16.5. The Morgan fingerprint density at radius 2 is 2.04 bits per heavy atom. The molecule has 1 atom stereocenters. The van der Waals surface area contributed by atoms with Crippen molar-refractivity contribution in [1.82, 2.24) is 5.32 Å². The molecule has 2 aliphatic rings. The Kier molecular flexibility index (Phi) is 4.02. The first kappa shape index (κ1) is 15.3. The van der Waals surface area contributed by atoms with Crippen LogP contribution in [0.3, 0.4) is 0 Å². The topological polar surface area (TPSA) is 12.0 Å². The van der Waals surface area contributed by atoms with Gasteiger partial charge < -0.3 is 5.32 Å². The van der Waals surface area contributed by atoms with Gasteiger partial charge in [0.25, 0.3) is 0 Å². The third-order valence-corrected chi connectivity index (χ3v) is 5.43. The molecular formula is C23H25N. The Balaban J connectivity index is 1.53. The van der Waals surface area contributed by atoms with Crippen molar-refractivity contribution in [3.8, 4) is 0 Å². The summed E-state index contributed by atoms with van der Waals surface area (Å²) in [6.45, 7) is 7.41. The van der Waals surface area contributed by atoms with E-state index in [9.17, 15) is 0 Å². The first-order valence-corrected chi connectivity index (χ1v) is 9.01. The lowest BCUT2D eigenvalue weighted by atomic mass is 9.80. The minimum absolute atomic E-state index is 0.460. The lowest BCUT2D eigenvalue weighted by molar-refractivity contribution is 0.567. The lowest BCUT2D eigenvalue weighted by Crippen LogP contribution is -2.22. The molecular weight excluding hydrogens is 290 g/mol. The molecule has 0 saturated carbocycles. The summed E-state index contributed by atoms with van der Waals surface area (Å²) in [6, 6.07) is 17.6. The first-order chi connectivity index (χ1) is 11.7. The monoisotopic (exact) mass is 315 g/mol. The Morgan fingerprint density at radius 3 is 2.92 bits per heavy atom. The quantitative estimate of drug-likeness (QED) is 0.795. The van der Waals surface area contributed by atoms with Crippen molar-refractivity contribution in [2.24, 2.45) is 5.92 Å². The van der Waals surface area contributed by atoms with Gasteiger partial charge >= 0.3 is 0 Å². The minimum Gasteiger partial charge on any atom is -0.384 e. The molecule has 0 saturated heterocycles. The Bertz CT molecular complexity index is 812. The largest absolute Gasteiger partial charge is 0.384 e. The molecule has 2 aromatic rings. The number of fused-ring (bicyclic) bond motifs is 2. The van der Waals surface area contributed by atoms with Gasteiger partial charge in [-0.2, -0.15) is 0 Å². The van der Waals surface area contributed by atoms with Crippen LogP contribution in [0, 0.1) is 12.8 Å². The molecule has 0 radical (unpaired) electrons. The average molecular weight is 315 g/mol. The number of rotatable bonds is 4. The molecule has 0 heterocycles. The second kappa shape index (κ2) is 6.32. The van der Waals surface area contributed by atoms with Crippen LogP contribution in [-0.4, -0.2) is 0 Å². The van der Waals surface area contributed by atoms with Gasteiger partial charge in [0, 0.05) is 18.2 Å². The smallest absolute Gasteiger partial charge is 0.0397 e. The molecule has 0 bridgehead atoms. The number of hydrogen-bond acceptors (Lipinski definition) is 1. The van der Waals surface area contributed by atoms with E-state index in [2.05, 4.69) is 67.4 Å². The standard InChI is InChI=1S/C23H25N/c1-16-7-5-8-18(13-16)15-24-17(2)21-12-6-10-20-14-19-9-3-4-11-22(19)23(20)21/h3-5,7-9,11,13,21,24H,2,6,10,12,14-15H2,1H3. The van der Waals surface area contributed by atoms with E-state index in [-0.39, 0.29) is 0 Å². The number of benzene rings is 2. The minimum atomic E-state index is 0.460. The predicted molar refractivity (Wildman–Crippen MR) is 102 cm³/mol. The molecule has 0 aromatic heterocycles. The fourth-order valence-corrected chi connectivity index (χ4v) is 4.28. The fraction of sp³-hybridized carbons (Fsp3) is 0.304. The second-order valence-electron chi connectivity index (χ2n) is 7.16. The van der Waals surface area contributed by atoms with Gasteiger partial charge in [0.2, 0.25) is 0 Å². The van der Waals surface area contributed by atoms with E-state index in [0.29, 0.717) is 5.92 Å². The number of allylic oxidation sites excluding steroid dienone is 2. The van der Waals surface area contributed by atoms with E-state index < -0.39 is 0 Å². The van der Waals surface area contributed by atoms with Gasteiger partial charge in [0.1, 0.15) is 0 Å². The second-order valence-corrected chi connectivity index (χ2v) is 7.16. The van der Waals surface area contributed by atoms with Crippen molar-refractivity contribution in [2.75, 3.05) is 0 Å². The highest BCUT2D eigenvalue weighted by atomic mass is 14.9. The summed E-state index contributed by atoms with van der Waals surface area (Å²) in [7, 11) is 0. The van der Waals surface area contributed by atoms with Crippen LogP contribution in [0.4, 0.5) is 0 Å². The van der Waals surface area contributed by atoms with Crippen molar-refractivity contribution in [3.05, 3.63) is 88.6 Å². The van der Waals surface area contributed by atoms with E-state index >= 15 is 0 Å². The molecule has 0 aliphatic heterocycles. The van der Waals surface area contributed by atoms with Crippen LogP contribution in [0.2, 0.25) is 0 Å². The molecule has 2 aromatic carbocycles. The molecule has 122 valence electrons. The normalized spacial score (nSPS) is 19.0. The van der Waals surface area contributed by atoms with Gasteiger partial charge in [-0.15, -0.1) is 0 Å². The van der Waals surface area contributed by atoms with Crippen LogP contribution in [-0.2, 0) is 13.0 Å². The molecule has 2 aliphatic carbocycles. The van der Waals surface area contributed by atoms with Gasteiger partial charge in [0.15, 0.2) is 0 Å². The van der Waals surface area contributed by atoms with Crippen LogP contribution >= 0.6 is 0 Å². The van der Waals surface area contributed by atoms with Gasteiger partial charge in [-0.05, 0) is 54.9 Å². The molecule has 1 heteroatoms. The maximum Gasteiger partial charge on any atom is 0.0397 e. The van der Waals surface area contributed by atoms with Crippen molar-refractivity contribution in [1.29, 1.82) is 0 Å². The Hall–Kier alpha value is -2.28. The predicted octanol–water partition coefficient (Wildman–Crippen LogP) is 5.41. The molecule has 1 unspecified atom stereocenters. The zero-order valence-electron chi connectivity index (χ0n) is 14.4. The summed E-state index contributed by atoms with van der Waals surface area (Å²) in [5.74, 6) is 0.460. The van der Waals surface area contributed by atoms with E-state index in [0.717, 1.165) is 13.0 Å². The summed E-state index contributed by atoms with van der Waals surface area (Å²) < 4.78 is 0. The summed E-state index contributed by atoms with van der Waals surface area (Å²) in [4.78, 5) is 0. The maximum atomic E-state index is 4.40. The van der Waals surface area contributed by atoms with E-state index in [1.165, 1.54) is 47.2 Å².